The Balaban J connectivity index is 2.42. The van der Waals surface area contributed by atoms with E-state index in [4.69, 9.17) is 5.11 Å². The Labute approximate surface area is 101 Å². The first-order chi connectivity index (χ1) is 7.37. The second-order valence-corrected chi connectivity index (χ2v) is 6.63. The van der Waals surface area contributed by atoms with Gasteiger partial charge in [0.25, 0.3) is 0 Å². The molecule has 2 atom stereocenters. The molecular formula is C15H28O. The second-order valence-electron chi connectivity index (χ2n) is 6.63. The Morgan fingerprint density at radius 1 is 1.12 bits per heavy atom. The molecule has 16 heavy (non-hydrogen) atoms. The molecule has 0 spiro atoms. The summed E-state index contributed by atoms with van der Waals surface area (Å²) >= 11 is 0. The largest absolute Gasteiger partial charge is 0.396 e. The molecule has 1 aliphatic rings. The Morgan fingerprint density at radius 2 is 1.81 bits per heavy atom. The molecule has 1 heteroatoms. The van der Waals surface area contributed by atoms with Crippen LogP contribution in [-0.2, 0) is 0 Å². The normalized spacial score (nSPS) is 30.3. The highest BCUT2D eigenvalue weighted by molar-refractivity contribution is 5.08. The van der Waals surface area contributed by atoms with Gasteiger partial charge in [-0.3, -0.25) is 0 Å². The Hall–Kier alpha value is -0.300. The molecule has 94 valence electrons. The minimum atomic E-state index is 0.334. The van der Waals surface area contributed by atoms with Crippen molar-refractivity contribution in [2.45, 2.75) is 59.8 Å². The number of rotatable bonds is 5. The molecule has 2 unspecified atom stereocenters. The zero-order valence-electron chi connectivity index (χ0n) is 11.4. The number of allylic oxidation sites excluding steroid dienone is 2. The SMILES string of the molecule is CC(CCO)CCC1(C)C=CC(C)(C)CC1. The highest BCUT2D eigenvalue weighted by atomic mass is 16.3. The maximum absolute atomic E-state index is 8.89. The van der Waals surface area contributed by atoms with Gasteiger partial charge in [-0.25, -0.2) is 0 Å². The lowest BCUT2D eigenvalue weighted by molar-refractivity contribution is 0.224. The highest BCUT2D eigenvalue weighted by Crippen LogP contribution is 2.42. The predicted molar refractivity (Wildman–Crippen MR) is 70.4 cm³/mol. The quantitative estimate of drug-likeness (QED) is 0.695. The summed E-state index contributed by atoms with van der Waals surface area (Å²) < 4.78 is 0. The van der Waals surface area contributed by atoms with Crippen molar-refractivity contribution in [1.82, 2.24) is 0 Å². The maximum Gasteiger partial charge on any atom is 0.0433 e. The van der Waals surface area contributed by atoms with Gasteiger partial charge in [-0.15, -0.1) is 0 Å². The lowest BCUT2D eigenvalue weighted by atomic mass is 9.69. The summed E-state index contributed by atoms with van der Waals surface area (Å²) in [5, 5.41) is 8.89. The molecule has 0 heterocycles. The lowest BCUT2D eigenvalue weighted by Crippen LogP contribution is -2.24. The zero-order valence-corrected chi connectivity index (χ0v) is 11.4. The van der Waals surface area contributed by atoms with E-state index >= 15 is 0 Å². The van der Waals surface area contributed by atoms with Crippen molar-refractivity contribution in [1.29, 1.82) is 0 Å². The Kier molecular flexibility index (Phi) is 4.61. The molecule has 1 aliphatic carbocycles. The Bertz CT molecular complexity index is 242. The van der Waals surface area contributed by atoms with Gasteiger partial charge in [-0.05, 0) is 48.9 Å². The van der Waals surface area contributed by atoms with E-state index in [1.165, 1.54) is 25.7 Å². The zero-order chi connectivity index (χ0) is 12.2. The van der Waals surface area contributed by atoms with Gasteiger partial charge in [-0.2, -0.15) is 0 Å². The third kappa shape index (κ3) is 4.29. The van der Waals surface area contributed by atoms with E-state index in [1.54, 1.807) is 0 Å². The van der Waals surface area contributed by atoms with Crippen LogP contribution < -0.4 is 0 Å². The van der Waals surface area contributed by atoms with Crippen molar-refractivity contribution in [2.75, 3.05) is 6.61 Å². The van der Waals surface area contributed by atoms with Crippen LogP contribution in [0.5, 0.6) is 0 Å². The summed E-state index contributed by atoms with van der Waals surface area (Å²) in [5.74, 6) is 0.658. The monoisotopic (exact) mass is 224 g/mol. The van der Waals surface area contributed by atoms with Gasteiger partial charge in [-0.1, -0.05) is 39.8 Å². The van der Waals surface area contributed by atoms with Crippen LogP contribution in [0.1, 0.15) is 59.8 Å². The van der Waals surface area contributed by atoms with Crippen molar-refractivity contribution in [3.05, 3.63) is 12.2 Å². The van der Waals surface area contributed by atoms with Crippen LogP contribution >= 0.6 is 0 Å². The van der Waals surface area contributed by atoms with Gasteiger partial charge in [0.15, 0.2) is 0 Å². The fraction of sp³-hybridized carbons (Fsp3) is 0.867. The summed E-state index contributed by atoms with van der Waals surface area (Å²) in [4.78, 5) is 0. The van der Waals surface area contributed by atoms with Crippen molar-refractivity contribution in [2.24, 2.45) is 16.7 Å². The maximum atomic E-state index is 8.89. The molecule has 0 amide bonds. The van der Waals surface area contributed by atoms with Crippen LogP contribution in [0.15, 0.2) is 12.2 Å². The number of hydrogen-bond donors (Lipinski definition) is 1. The minimum absolute atomic E-state index is 0.334. The van der Waals surface area contributed by atoms with Crippen molar-refractivity contribution >= 4 is 0 Å². The van der Waals surface area contributed by atoms with E-state index in [0.717, 1.165) is 6.42 Å². The van der Waals surface area contributed by atoms with E-state index in [-0.39, 0.29) is 0 Å². The summed E-state index contributed by atoms with van der Waals surface area (Å²) in [6.07, 6.45) is 10.9. The van der Waals surface area contributed by atoms with Gasteiger partial charge in [0.1, 0.15) is 0 Å². The van der Waals surface area contributed by atoms with E-state index in [2.05, 4.69) is 39.8 Å². The molecule has 0 aliphatic heterocycles. The fourth-order valence-corrected chi connectivity index (χ4v) is 2.35. The topological polar surface area (TPSA) is 20.2 Å². The molecule has 0 aromatic carbocycles. The molecule has 1 nitrogen and oxygen atoms in total. The first kappa shape index (κ1) is 13.8. The van der Waals surface area contributed by atoms with Gasteiger partial charge < -0.3 is 5.11 Å². The molecule has 0 radical (unpaired) electrons. The van der Waals surface area contributed by atoms with Crippen LogP contribution in [0, 0.1) is 16.7 Å². The van der Waals surface area contributed by atoms with Crippen LogP contribution in [0.4, 0.5) is 0 Å². The first-order valence-electron chi connectivity index (χ1n) is 6.68. The molecule has 0 saturated heterocycles. The van der Waals surface area contributed by atoms with Crippen molar-refractivity contribution in [3.63, 3.8) is 0 Å². The third-order valence-electron chi connectivity index (χ3n) is 4.11. The standard InChI is InChI=1S/C15H28O/c1-13(6-12-16)5-7-15(4)10-8-14(2,3)9-11-15/h8,10,13,16H,5-7,9,11-12H2,1-4H3. The van der Waals surface area contributed by atoms with Crippen LogP contribution in [-0.4, -0.2) is 11.7 Å². The van der Waals surface area contributed by atoms with Crippen molar-refractivity contribution < 1.29 is 5.11 Å². The average molecular weight is 224 g/mol. The van der Waals surface area contributed by atoms with Crippen LogP contribution in [0.25, 0.3) is 0 Å². The van der Waals surface area contributed by atoms with Gasteiger partial charge in [0.2, 0.25) is 0 Å². The van der Waals surface area contributed by atoms with Crippen LogP contribution in [0.3, 0.4) is 0 Å². The second kappa shape index (κ2) is 5.35. The predicted octanol–water partition coefficient (Wildman–Crippen LogP) is 4.17. The molecule has 0 aromatic rings. The van der Waals surface area contributed by atoms with E-state index in [1.807, 2.05) is 0 Å². The average Bonchev–Trinajstić information content (AvgIpc) is 2.21. The smallest absolute Gasteiger partial charge is 0.0433 e. The van der Waals surface area contributed by atoms with E-state index in [9.17, 15) is 0 Å². The number of aliphatic hydroxyl groups excluding tert-OH is 1. The fourth-order valence-electron chi connectivity index (χ4n) is 2.35. The summed E-state index contributed by atoms with van der Waals surface area (Å²) in [7, 11) is 0. The van der Waals surface area contributed by atoms with Crippen molar-refractivity contribution in [3.8, 4) is 0 Å². The molecule has 1 rings (SSSR count). The molecule has 0 fully saturated rings. The highest BCUT2D eigenvalue weighted by Gasteiger charge is 2.29. The van der Waals surface area contributed by atoms with Gasteiger partial charge in [0, 0.05) is 6.61 Å². The van der Waals surface area contributed by atoms with Crippen LogP contribution in [0.2, 0.25) is 0 Å². The number of aliphatic hydroxyl groups is 1. The lowest BCUT2D eigenvalue weighted by Gasteiger charge is -2.36. The third-order valence-corrected chi connectivity index (χ3v) is 4.11. The molecule has 0 bridgehead atoms. The minimum Gasteiger partial charge on any atom is -0.396 e. The number of hydrogen-bond acceptors (Lipinski definition) is 1. The van der Waals surface area contributed by atoms with Gasteiger partial charge >= 0.3 is 0 Å². The summed E-state index contributed by atoms with van der Waals surface area (Å²) in [6.45, 7) is 9.59. The van der Waals surface area contributed by atoms with Gasteiger partial charge in [0.05, 0.1) is 0 Å². The first-order valence-corrected chi connectivity index (χ1v) is 6.68. The van der Waals surface area contributed by atoms with E-state index < -0.39 is 0 Å². The molecule has 1 N–H and O–H groups in total. The summed E-state index contributed by atoms with van der Waals surface area (Å²) in [5.41, 5.74) is 0.801. The Morgan fingerprint density at radius 3 is 2.31 bits per heavy atom. The summed E-state index contributed by atoms with van der Waals surface area (Å²) in [6, 6.07) is 0. The molecular weight excluding hydrogens is 196 g/mol. The molecule has 0 saturated carbocycles. The molecule has 0 aromatic heterocycles. The van der Waals surface area contributed by atoms with E-state index in [0.29, 0.717) is 23.4 Å².